The van der Waals surface area contributed by atoms with Gasteiger partial charge in [-0.15, -0.1) is 0 Å². The molecule has 8 heteroatoms. The average molecular weight is 387 g/mol. The predicted molar refractivity (Wildman–Crippen MR) is 105 cm³/mol. The van der Waals surface area contributed by atoms with Crippen LogP contribution in [0.15, 0.2) is 28.8 Å². The molecular weight excluding hydrogens is 366 g/mol. The third-order valence-corrected chi connectivity index (χ3v) is 5.39. The smallest absolute Gasteiger partial charge is 0.220 e. The summed E-state index contributed by atoms with van der Waals surface area (Å²) < 4.78 is 11.3. The number of anilines is 1. The summed E-state index contributed by atoms with van der Waals surface area (Å²) in [5, 5.41) is 19.3. The van der Waals surface area contributed by atoms with Gasteiger partial charge in [0, 0.05) is 36.3 Å². The van der Waals surface area contributed by atoms with E-state index in [9.17, 15) is 0 Å². The highest BCUT2D eigenvalue weighted by Crippen LogP contribution is 2.28. The van der Waals surface area contributed by atoms with Gasteiger partial charge >= 0.3 is 0 Å². The van der Waals surface area contributed by atoms with Gasteiger partial charge in [0.2, 0.25) is 5.89 Å². The van der Waals surface area contributed by atoms with Crippen LogP contribution in [0.3, 0.4) is 0 Å². The van der Waals surface area contributed by atoms with Crippen LogP contribution >= 0.6 is 11.3 Å². The summed E-state index contributed by atoms with van der Waals surface area (Å²) in [5.41, 5.74) is 1.30. The maximum absolute atomic E-state index is 9.12. The van der Waals surface area contributed by atoms with Crippen molar-refractivity contribution in [1.29, 1.82) is 0 Å². The Morgan fingerprint density at radius 1 is 1.22 bits per heavy atom. The molecule has 0 bridgehead atoms. The van der Waals surface area contributed by atoms with Crippen LogP contribution in [-0.4, -0.2) is 52.6 Å². The van der Waals surface area contributed by atoms with Crippen LogP contribution in [0.4, 0.5) is 5.13 Å². The molecule has 2 aromatic heterocycles. The maximum Gasteiger partial charge on any atom is 0.220 e. The highest BCUT2D eigenvalue weighted by Gasteiger charge is 2.15. The zero-order valence-corrected chi connectivity index (χ0v) is 15.6. The number of aromatic nitrogens is 2. The first kappa shape index (κ1) is 18.0. The van der Waals surface area contributed by atoms with Gasteiger partial charge in [-0.05, 0) is 31.1 Å². The first-order chi connectivity index (χ1) is 13.2. The fourth-order valence-corrected chi connectivity index (χ4v) is 3.82. The molecule has 0 aliphatic carbocycles. The molecule has 1 aliphatic rings. The molecule has 0 atom stereocenters. The summed E-state index contributed by atoms with van der Waals surface area (Å²) in [6, 6.07) is 5.23. The molecule has 0 amide bonds. The zero-order valence-electron chi connectivity index (χ0n) is 14.7. The topological polar surface area (TPSA) is 91.8 Å². The van der Waals surface area contributed by atoms with Crippen LogP contribution < -0.4 is 9.64 Å². The van der Waals surface area contributed by atoms with E-state index in [1.807, 2.05) is 18.3 Å². The van der Waals surface area contributed by atoms with Crippen molar-refractivity contribution in [2.45, 2.75) is 18.9 Å². The van der Waals surface area contributed by atoms with E-state index in [1.54, 1.807) is 29.5 Å². The Bertz CT molecular complexity index is 926. The number of fused-ring (bicyclic) bond motifs is 1. The van der Waals surface area contributed by atoms with Crippen LogP contribution in [0.25, 0.3) is 23.3 Å². The van der Waals surface area contributed by atoms with Crippen molar-refractivity contribution < 1.29 is 19.4 Å². The lowest BCUT2D eigenvalue weighted by Gasteiger charge is -2.13. The molecule has 1 fully saturated rings. The highest BCUT2D eigenvalue weighted by molar-refractivity contribution is 7.16. The van der Waals surface area contributed by atoms with E-state index in [0.717, 1.165) is 23.1 Å². The van der Waals surface area contributed by atoms with Gasteiger partial charge in [0.1, 0.15) is 17.4 Å². The summed E-state index contributed by atoms with van der Waals surface area (Å²) in [4.78, 5) is 12.3. The molecule has 27 heavy (non-hydrogen) atoms. The Morgan fingerprint density at radius 3 is 2.81 bits per heavy atom. The Kier molecular flexibility index (Phi) is 5.38. The maximum atomic E-state index is 9.12. The Balaban J connectivity index is 1.48. The summed E-state index contributed by atoms with van der Waals surface area (Å²) in [7, 11) is 0. The molecule has 0 unspecified atom stereocenters. The summed E-state index contributed by atoms with van der Waals surface area (Å²) >= 11 is 1.66. The molecule has 3 heterocycles. The van der Waals surface area contributed by atoms with Crippen molar-refractivity contribution >= 4 is 39.7 Å². The summed E-state index contributed by atoms with van der Waals surface area (Å²) in [6.07, 6.45) is 7.46. The fourth-order valence-electron chi connectivity index (χ4n) is 2.95. The number of thiazole rings is 1. The monoisotopic (exact) mass is 387 g/mol. The second-order valence-electron chi connectivity index (χ2n) is 6.36. The van der Waals surface area contributed by atoms with E-state index in [-0.39, 0.29) is 13.2 Å². The molecule has 0 radical (unpaired) electrons. The normalized spacial score (nSPS) is 14.9. The second-order valence-corrected chi connectivity index (χ2v) is 7.40. The van der Waals surface area contributed by atoms with Gasteiger partial charge in [-0.25, -0.2) is 9.97 Å². The Hall–Kier alpha value is -2.42. The van der Waals surface area contributed by atoms with Crippen molar-refractivity contribution in [2.75, 3.05) is 31.2 Å². The lowest BCUT2D eigenvalue weighted by atomic mass is 10.3. The fraction of sp³-hybridized carbons (Fsp3) is 0.368. The van der Waals surface area contributed by atoms with Crippen molar-refractivity contribution in [3.63, 3.8) is 0 Å². The molecule has 3 aromatic rings. The predicted octanol–water partition coefficient (Wildman–Crippen LogP) is 2.79. The molecular formula is C19H21N3O4S. The van der Waals surface area contributed by atoms with E-state index < -0.39 is 6.10 Å². The molecule has 4 rings (SSSR count). The van der Waals surface area contributed by atoms with E-state index >= 15 is 0 Å². The zero-order chi connectivity index (χ0) is 18.6. The number of nitrogens with zero attached hydrogens (tertiary/aromatic N) is 3. The minimum absolute atomic E-state index is 0.257. The second kappa shape index (κ2) is 8.08. The first-order valence-corrected chi connectivity index (χ1v) is 9.74. The third-order valence-electron chi connectivity index (χ3n) is 4.36. The van der Waals surface area contributed by atoms with Gasteiger partial charge in [0.15, 0.2) is 10.7 Å². The number of hydrogen-bond donors (Lipinski definition) is 2. The number of hydrogen-bond acceptors (Lipinski definition) is 8. The van der Waals surface area contributed by atoms with Gasteiger partial charge in [0.25, 0.3) is 0 Å². The van der Waals surface area contributed by atoms with Crippen LogP contribution in [0.2, 0.25) is 0 Å². The van der Waals surface area contributed by atoms with E-state index in [1.165, 1.54) is 12.8 Å². The lowest BCUT2D eigenvalue weighted by molar-refractivity contribution is 0.0630. The number of oxazole rings is 1. The lowest BCUT2D eigenvalue weighted by Crippen LogP contribution is -2.25. The third kappa shape index (κ3) is 4.13. The summed E-state index contributed by atoms with van der Waals surface area (Å²) in [6.45, 7) is 1.65. The van der Waals surface area contributed by atoms with E-state index in [0.29, 0.717) is 22.7 Å². The minimum atomic E-state index is -0.652. The van der Waals surface area contributed by atoms with Crippen molar-refractivity contribution in [3.8, 4) is 5.75 Å². The molecule has 0 saturated carbocycles. The Morgan fingerprint density at radius 2 is 2.04 bits per heavy atom. The first-order valence-electron chi connectivity index (χ1n) is 8.93. The number of ether oxygens (including phenoxy) is 1. The minimum Gasteiger partial charge on any atom is -0.485 e. The molecule has 1 aromatic carbocycles. The average Bonchev–Trinajstić information content (AvgIpc) is 3.43. The van der Waals surface area contributed by atoms with Gasteiger partial charge in [-0.2, -0.15) is 0 Å². The van der Waals surface area contributed by atoms with Gasteiger partial charge in [0.05, 0.1) is 13.2 Å². The van der Waals surface area contributed by atoms with Crippen molar-refractivity contribution in [3.05, 3.63) is 35.2 Å². The van der Waals surface area contributed by atoms with Crippen LogP contribution in [0.5, 0.6) is 5.75 Å². The largest absolute Gasteiger partial charge is 0.485 e. The molecule has 1 aliphatic heterocycles. The molecule has 0 spiro atoms. The molecule has 1 saturated heterocycles. The van der Waals surface area contributed by atoms with Crippen LogP contribution in [-0.2, 0) is 0 Å². The molecule has 7 nitrogen and oxygen atoms in total. The van der Waals surface area contributed by atoms with Crippen molar-refractivity contribution in [2.24, 2.45) is 0 Å². The van der Waals surface area contributed by atoms with Crippen LogP contribution in [0, 0.1) is 0 Å². The van der Waals surface area contributed by atoms with Gasteiger partial charge < -0.3 is 24.3 Å². The summed E-state index contributed by atoms with van der Waals surface area (Å²) in [5.74, 6) is 1.01. The number of benzene rings is 1. The Labute approximate surface area is 160 Å². The van der Waals surface area contributed by atoms with E-state index in [4.69, 9.17) is 19.4 Å². The van der Waals surface area contributed by atoms with Gasteiger partial charge in [-0.1, -0.05) is 11.3 Å². The SMILES string of the molecule is OCC(CO)Oc1ccc2nc(/C=C/c3cnc(N4CCCC4)s3)oc2c1. The quantitative estimate of drug-likeness (QED) is 0.644. The molecule has 142 valence electrons. The molecule has 2 N–H and O–H groups in total. The standard InChI is InChI=1S/C19H21N3O4S/c23-11-14(12-24)25-13-3-5-16-17(9-13)26-18(21-16)6-4-15-10-20-19(27-15)22-7-1-2-8-22/h3-6,9-10,14,23-24H,1-2,7-8,11-12H2/b6-4+. The van der Waals surface area contributed by atoms with Gasteiger partial charge in [-0.3, -0.25) is 0 Å². The van der Waals surface area contributed by atoms with E-state index in [2.05, 4.69) is 14.9 Å². The number of rotatable bonds is 7. The van der Waals surface area contributed by atoms with Crippen LogP contribution in [0.1, 0.15) is 23.6 Å². The van der Waals surface area contributed by atoms with Crippen molar-refractivity contribution in [1.82, 2.24) is 9.97 Å². The highest BCUT2D eigenvalue weighted by atomic mass is 32.1. The number of aliphatic hydroxyl groups is 2. The number of aliphatic hydroxyl groups excluding tert-OH is 2.